The molecule has 0 aromatic carbocycles. The van der Waals surface area contributed by atoms with E-state index in [9.17, 15) is 4.79 Å². The molecule has 0 aliphatic carbocycles. The predicted molar refractivity (Wildman–Crippen MR) is 128 cm³/mol. The van der Waals surface area contributed by atoms with Crippen LogP contribution >= 0.6 is 11.3 Å². The molecule has 0 aliphatic heterocycles. The molecule has 1 amide bonds. The number of aryl methyl sites for hydroxylation is 3. The highest BCUT2D eigenvalue weighted by molar-refractivity contribution is 7.09. The molecule has 5 aromatic heterocycles. The van der Waals surface area contributed by atoms with Gasteiger partial charge in [-0.25, -0.2) is 19.3 Å². The van der Waals surface area contributed by atoms with Crippen LogP contribution in [0.25, 0.3) is 16.9 Å². The lowest BCUT2D eigenvalue weighted by molar-refractivity contribution is 0.0952. The summed E-state index contributed by atoms with van der Waals surface area (Å²) in [6.07, 6.45) is 3.48. The van der Waals surface area contributed by atoms with Gasteiger partial charge in [-0.3, -0.25) is 4.79 Å². The summed E-state index contributed by atoms with van der Waals surface area (Å²) in [5, 5.41) is 14.7. The number of amides is 1. The number of nitrogens with zero attached hydrogens (tertiary/aromatic N) is 6. The van der Waals surface area contributed by atoms with Crippen LogP contribution in [0.1, 0.15) is 37.9 Å². The van der Waals surface area contributed by atoms with Gasteiger partial charge in [-0.1, -0.05) is 12.1 Å². The number of hydrogen-bond acceptors (Lipinski definition) is 6. The quantitative estimate of drug-likeness (QED) is 0.417. The summed E-state index contributed by atoms with van der Waals surface area (Å²) >= 11 is 1.67. The van der Waals surface area contributed by atoms with Crippen LogP contribution in [-0.4, -0.2) is 35.4 Å². The maximum Gasteiger partial charge on any atom is 0.252 e. The summed E-state index contributed by atoms with van der Waals surface area (Å²) in [5.41, 5.74) is 4.94. The van der Waals surface area contributed by atoms with Crippen molar-refractivity contribution >= 4 is 28.3 Å². The maximum atomic E-state index is 13.0. The Labute approximate surface area is 194 Å². The minimum Gasteiger partial charge on any atom is -0.348 e. The predicted octanol–water partition coefficient (Wildman–Crippen LogP) is 3.98. The number of rotatable bonds is 6. The Morgan fingerprint density at radius 1 is 1.09 bits per heavy atom. The monoisotopic (exact) mass is 457 g/mol. The van der Waals surface area contributed by atoms with Crippen molar-refractivity contribution in [3.63, 3.8) is 0 Å². The second-order valence-corrected chi connectivity index (χ2v) is 9.01. The lowest BCUT2D eigenvalue weighted by atomic mass is 10.1. The first-order valence-electron chi connectivity index (χ1n) is 10.6. The molecule has 0 aliphatic rings. The largest absolute Gasteiger partial charge is 0.348 e. The Morgan fingerprint density at radius 2 is 1.97 bits per heavy atom. The van der Waals surface area contributed by atoms with Gasteiger partial charge in [0, 0.05) is 29.0 Å². The van der Waals surface area contributed by atoms with E-state index in [-0.39, 0.29) is 5.91 Å². The van der Waals surface area contributed by atoms with E-state index in [2.05, 4.69) is 31.5 Å². The minimum absolute atomic E-state index is 0.163. The fourth-order valence-electron chi connectivity index (χ4n) is 3.81. The summed E-state index contributed by atoms with van der Waals surface area (Å²) in [6.45, 7) is 6.84. The maximum absolute atomic E-state index is 13.0. The molecule has 5 rings (SSSR count). The minimum atomic E-state index is -0.163. The van der Waals surface area contributed by atoms with Crippen LogP contribution in [-0.2, 0) is 13.1 Å². The van der Waals surface area contributed by atoms with Gasteiger partial charge in [0.15, 0.2) is 11.5 Å². The van der Waals surface area contributed by atoms with E-state index in [0.29, 0.717) is 24.3 Å². The highest BCUT2D eigenvalue weighted by Crippen LogP contribution is 2.20. The van der Waals surface area contributed by atoms with Gasteiger partial charge in [0.2, 0.25) is 0 Å². The molecule has 0 radical (unpaired) electrons. The number of carbonyl (C=O) groups is 1. The van der Waals surface area contributed by atoms with E-state index >= 15 is 0 Å². The zero-order valence-corrected chi connectivity index (χ0v) is 19.4. The Bertz CT molecular complexity index is 1430. The number of nitrogens with one attached hydrogen (secondary N) is 1. The molecule has 0 saturated heterocycles. The molecule has 0 spiro atoms. The van der Waals surface area contributed by atoms with Gasteiger partial charge in [-0.2, -0.15) is 10.2 Å². The Balaban J connectivity index is 1.33. The summed E-state index contributed by atoms with van der Waals surface area (Å²) in [6, 6.07) is 11.8. The molecule has 1 N–H and O–H groups in total. The van der Waals surface area contributed by atoms with Crippen molar-refractivity contribution in [2.24, 2.45) is 0 Å². The van der Waals surface area contributed by atoms with Gasteiger partial charge < -0.3 is 5.32 Å². The molecule has 5 aromatic rings. The standard InChI is InChI=1S/C24H23N7OS/c1-15-10-20(21-13-27-30(23(21)28-15)14-19-5-4-8-33-19)24(32)26-12-18-6-7-22(25-11-18)31-17(3)9-16(2)29-31/h4-11,13H,12,14H2,1-3H3,(H,26,32). The molecule has 0 atom stereocenters. The van der Waals surface area contributed by atoms with Gasteiger partial charge >= 0.3 is 0 Å². The number of hydrogen-bond donors (Lipinski definition) is 1. The van der Waals surface area contributed by atoms with Gasteiger partial charge in [0.25, 0.3) is 5.91 Å². The fraction of sp³-hybridized carbons (Fsp3) is 0.208. The molecule has 166 valence electrons. The molecule has 0 saturated carbocycles. The Hall–Kier alpha value is -3.85. The van der Waals surface area contributed by atoms with E-state index < -0.39 is 0 Å². The lowest BCUT2D eigenvalue weighted by Gasteiger charge is -2.09. The lowest BCUT2D eigenvalue weighted by Crippen LogP contribution is -2.23. The van der Waals surface area contributed by atoms with Crippen LogP contribution < -0.4 is 5.32 Å². The second-order valence-electron chi connectivity index (χ2n) is 7.98. The summed E-state index contributed by atoms with van der Waals surface area (Å²) in [5.74, 6) is 0.587. The molecule has 0 unspecified atom stereocenters. The molecule has 0 fully saturated rings. The first-order valence-corrected chi connectivity index (χ1v) is 11.5. The first-order chi connectivity index (χ1) is 16.0. The van der Waals surface area contributed by atoms with Gasteiger partial charge in [0.1, 0.15) is 0 Å². The molecular formula is C24H23N7OS. The zero-order valence-electron chi connectivity index (χ0n) is 18.6. The molecule has 8 nitrogen and oxygen atoms in total. The Morgan fingerprint density at radius 3 is 2.67 bits per heavy atom. The smallest absolute Gasteiger partial charge is 0.252 e. The average Bonchev–Trinajstić information content (AvgIpc) is 3.53. The first kappa shape index (κ1) is 21.0. The van der Waals surface area contributed by atoms with Gasteiger partial charge in [-0.05, 0) is 56.0 Å². The average molecular weight is 458 g/mol. The van der Waals surface area contributed by atoms with Gasteiger partial charge in [0.05, 0.1) is 29.4 Å². The van der Waals surface area contributed by atoms with Crippen molar-refractivity contribution in [3.05, 3.63) is 87.3 Å². The van der Waals surface area contributed by atoms with E-state index in [4.69, 9.17) is 0 Å². The second kappa shape index (κ2) is 8.59. The summed E-state index contributed by atoms with van der Waals surface area (Å²) in [4.78, 5) is 23.4. The summed E-state index contributed by atoms with van der Waals surface area (Å²) < 4.78 is 3.65. The van der Waals surface area contributed by atoms with Crippen molar-refractivity contribution in [1.29, 1.82) is 0 Å². The topological polar surface area (TPSA) is 90.5 Å². The van der Waals surface area contributed by atoms with Crippen molar-refractivity contribution in [3.8, 4) is 5.82 Å². The number of thiophene rings is 1. The van der Waals surface area contributed by atoms with Crippen molar-refractivity contribution in [2.75, 3.05) is 0 Å². The van der Waals surface area contributed by atoms with E-state index in [1.165, 1.54) is 4.88 Å². The van der Waals surface area contributed by atoms with Gasteiger partial charge in [-0.15, -0.1) is 11.3 Å². The van der Waals surface area contributed by atoms with Crippen molar-refractivity contribution in [1.82, 2.24) is 34.8 Å². The van der Waals surface area contributed by atoms with Crippen LogP contribution in [0.2, 0.25) is 0 Å². The Kier molecular flexibility index (Phi) is 5.47. The van der Waals surface area contributed by atoms with Crippen LogP contribution in [0.15, 0.2) is 54.2 Å². The van der Waals surface area contributed by atoms with E-state index in [1.54, 1.807) is 29.8 Å². The van der Waals surface area contributed by atoms with Crippen molar-refractivity contribution < 1.29 is 4.79 Å². The SMILES string of the molecule is Cc1cc(C(=O)NCc2ccc(-n3nc(C)cc3C)nc2)c2cnn(Cc3cccs3)c2n1. The normalized spacial score (nSPS) is 11.2. The molecule has 0 bridgehead atoms. The third-order valence-corrected chi connectivity index (χ3v) is 6.22. The highest BCUT2D eigenvalue weighted by atomic mass is 32.1. The van der Waals surface area contributed by atoms with Crippen LogP contribution in [0.4, 0.5) is 0 Å². The number of carbonyl (C=O) groups excluding carboxylic acids is 1. The molecule has 33 heavy (non-hydrogen) atoms. The number of aromatic nitrogens is 6. The number of fused-ring (bicyclic) bond motifs is 1. The fourth-order valence-corrected chi connectivity index (χ4v) is 4.50. The van der Waals surface area contributed by atoms with E-state index in [0.717, 1.165) is 33.8 Å². The molecular weight excluding hydrogens is 434 g/mol. The molecule has 5 heterocycles. The zero-order chi connectivity index (χ0) is 22.9. The third-order valence-electron chi connectivity index (χ3n) is 5.36. The summed E-state index contributed by atoms with van der Waals surface area (Å²) in [7, 11) is 0. The van der Waals surface area contributed by atoms with E-state index in [1.807, 2.05) is 59.8 Å². The van der Waals surface area contributed by atoms with Crippen molar-refractivity contribution in [2.45, 2.75) is 33.9 Å². The molecule has 9 heteroatoms. The highest BCUT2D eigenvalue weighted by Gasteiger charge is 2.16. The third kappa shape index (κ3) is 4.27. The number of pyridine rings is 2. The van der Waals surface area contributed by atoms with Crippen LogP contribution in [0.3, 0.4) is 0 Å². The van der Waals surface area contributed by atoms with Crippen LogP contribution in [0, 0.1) is 20.8 Å². The van der Waals surface area contributed by atoms with Crippen LogP contribution in [0.5, 0.6) is 0 Å².